The Labute approximate surface area is 141 Å². The van der Waals surface area contributed by atoms with Crippen LogP contribution >= 0.6 is 0 Å². The van der Waals surface area contributed by atoms with Gasteiger partial charge in [-0.15, -0.1) is 0 Å². The van der Waals surface area contributed by atoms with Crippen molar-refractivity contribution in [1.29, 1.82) is 0 Å². The summed E-state index contributed by atoms with van der Waals surface area (Å²) in [7, 11) is 0. The molecule has 24 heavy (non-hydrogen) atoms. The number of nitrogens with one attached hydrogen (secondary N) is 1. The monoisotopic (exact) mass is 324 g/mol. The molecule has 1 aromatic carbocycles. The van der Waals surface area contributed by atoms with E-state index < -0.39 is 0 Å². The van der Waals surface area contributed by atoms with Crippen LogP contribution < -0.4 is 14.8 Å². The lowest BCUT2D eigenvalue weighted by atomic mass is 9.98. The summed E-state index contributed by atoms with van der Waals surface area (Å²) in [5.41, 5.74) is 1.17. The zero-order valence-electron chi connectivity index (χ0n) is 13.6. The van der Waals surface area contributed by atoms with Gasteiger partial charge < -0.3 is 14.8 Å². The van der Waals surface area contributed by atoms with Crippen LogP contribution in [0.25, 0.3) is 0 Å². The van der Waals surface area contributed by atoms with Gasteiger partial charge in [0.2, 0.25) is 5.91 Å². The van der Waals surface area contributed by atoms with E-state index >= 15 is 0 Å². The zero-order valence-corrected chi connectivity index (χ0v) is 13.6. The van der Waals surface area contributed by atoms with Gasteiger partial charge in [0.15, 0.2) is 0 Å². The molecule has 1 saturated carbocycles. The molecular weight excluding hydrogens is 304 g/mol. The summed E-state index contributed by atoms with van der Waals surface area (Å²) in [6, 6.07) is 9.41. The smallest absolute Gasteiger partial charge is 0.228 e. The number of hydrogen-bond acceptors (Lipinski definition) is 4. The topological polar surface area (TPSA) is 60.5 Å². The molecule has 1 unspecified atom stereocenters. The summed E-state index contributed by atoms with van der Waals surface area (Å²) in [6.45, 7) is 2.94. The van der Waals surface area contributed by atoms with Crippen molar-refractivity contribution in [3.05, 3.63) is 42.1 Å². The standard InChI is InChI=1S/C19H20N2O3/c1-12-8-14-9-15(4-5-17(14)23-11-12)24-16-6-7-20-18(10-16)21-19(22)13-2-3-13/h4-7,9-10,12-13H,2-3,8,11H2,1H3,(H,20,21,22). The van der Waals surface area contributed by atoms with E-state index in [-0.39, 0.29) is 11.8 Å². The van der Waals surface area contributed by atoms with Crippen LogP contribution in [-0.2, 0) is 11.2 Å². The van der Waals surface area contributed by atoms with Crippen LogP contribution in [0, 0.1) is 11.8 Å². The van der Waals surface area contributed by atoms with E-state index in [9.17, 15) is 4.79 Å². The van der Waals surface area contributed by atoms with Gasteiger partial charge in [0.05, 0.1) is 6.61 Å². The number of anilines is 1. The molecule has 1 N–H and O–H groups in total. The largest absolute Gasteiger partial charge is 0.493 e. The van der Waals surface area contributed by atoms with Gasteiger partial charge in [0, 0.05) is 18.2 Å². The molecule has 0 bridgehead atoms. The number of carbonyl (C=O) groups is 1. The van der Waals surface area contributed by atoms with Crippen molar-refractivity contribution in [1.82, 2.24) is 4.98 Å². The first-order chi connectivity index (χ1) is 11.7. The molecule has 0 radical (unpaired) electrons. The molecule has 2 heterocycles. The highest BCUT2D eigenvalue weighted by molar-refractivity contribution is 5.93. The van der Waals surface area contributed by atoms with Crippen LogP contribution in [0.3, 0.4) is 0 Å². The van der Waals surface area contributed by atoms with Crippen LogP contribution in [0.5, 0.6) is 17.2 Å². The van der Waals surface area contributed by atoms with E-state index in [1.54, 1.807) is 18.3 Å². The fourth-order valence-electron chi connectivity index (χ4n) is 2.84. The predicted molar refractivity (Wildman–Crippen MR) is 90.5 cm³/mol. The highest BCUT2D eigenvalue weighted by Crippen LogP contribution is 2.33. The Balaban J connectivity index is 1.48. The van der Waals surface area contributed by atoms with E-state index in [2.05, 4.69) is 17.2 Å². The van der Waals surface area contributed by atoms with Gasteiger partial charge in [-0.1, -0.05) is 6.92 Å². The van der Waals surface area contributed by atoms with Crippen molar-refractivity contribution in [3.63, 3.8) is 0 Å². The summed E-state index contributed by atoms with van der Waals surface area (Å²) in [5.74, 6) is 3.58. The molecule has 1 aliphatic carbocycles. The van der Waals surface area contributed by atoms with Crippen LogP contribution in [0.1, 0.15) is 25.3 Å². The minimum Gasteiger partial charge on any atom is -0.493 e. The first-order valence-electron chi connectivity index (χ1n) is 8.38. The predicted octanol–water partition coefficient (Wildman–Crippen LogP) is 3.79. The third-order valence-electron chi connectivity index (χ3n) is 4.29. The Hall–Kier alpha value is -2.56. The molecule has 1 aliphatic heterocycles. The van der Waals surface area contributed by atoms with Gasteiger partial charge in [-0.2, -0.15) is 0 Å². The Bertz CT molecular complexity index is 771. The average Bonchev–Trinajstić information content (AvgIpc) is 3.40. The van der Waals surface area contributed by atoms with Crippen molar-refractivity contribution in [2.75, 3.05) is 11.9 Å². The molecule has 5 heteroatoms. The molecule has 2 aromatic rings. The first kappa shape index (κ1) is 15.0. The van der Waals surface area contributed by atoms with Gasteiger partial charge in [-0.3, -0.25) is 4.79 Å². The van der Waals surface area contributed by atoms with Crippen molar-refractivity contribution >= 4 is 11.7 Å². The molecule has 5 nitrogen and oxygen atoms in total. The number of ether oxygens (including phenoxy) is 2. The number of rotatable bonds is 4. The first-order valence-corrected chi connectivity index (χ1v) is 8.38. The van der Waals surface area contributed by atoms with Crippen LogP contribution in [0.4, 0.5) is 5.82 Å². The van der Waals surface area contributed by atoms with Gasteiger partial charge in [0.25, 0.3) is 0 Å². The molecule has 124 valence electrons. The van der Waals surface area contributed by atoms with E-state index in [1.165, 1.54) is 5.56 Å². The Morgan fingerprint density at radius 1 is 1.25 bits per heavy atom. The molecule has 1 atom stereocenters. The Kier molecular flexibility index (Phi) is 3.84. The quantitative estimate of drug-likeness (QED) is 0.929. The highest BCUT2D eigenvalue weighted by Gasteiger charge is 2.29. The van der Waals surface area contributed by atoms with Gasteiger partial charge in [-0.05, 0) is 55.0 Å². The molecule has 1 fully saturated rings. The molecule has 1 amide bonds. The maximum Gasteiger partial charge on any atom is 0.228 e. The highest BCUT2D eigenvalue weighted by atomic mass is 16.5. The third-order valence-corrected chi connectivity index (χ3v) is 4.29. The van der Waals surface area contributed by atoms with E-state index in [1.807, 2.05) is 18.2 Å². The fourth-order valence-corrected chi connectivity index (χ4v) is 2.84. The lowest BCUT2D eigenvalue weighted by molar-refractivity contribution is -0.117. The Morgan fingerprint density at radius 2 is 2.08 bits per heavy atom. The summed E-state index contributed by atoms with van der Waals surface area (Å²) < 4.78 is 11.7. The van der Waals surface area contributed by atoms with E-state index in [0.29, 0.717) is 17.5 Å². The second-order valence-corrected chi connectivity index (χ2v) is 6.63. The zero-order chi connectivity index (χ0) is 16.5. The average molecular weight is 324 g/mol. The number of carbonyl (C=O) groups excluding carboxylic acids is 1. The van der Waals surface area contributed by atoms with E-state index in [4.69, 9.17) is 9.47 Å². The summed E-state index contributed by atoms with van der Waals surface area (Å²) in [5, 5.41) is 2.84. The van der Waals surface area contributed by atoms with Crippen LogP contribution in [0.15, 0.2) is 36.5 Å². The Morgan fingerprint density at radius 3 is 2.92 bits per heavy atom. The molecule has 0 spiro atoms. The van der Waals surface area contributed by atoms with Gasteiger partial charge in [-0.25, -0.2) is 4.98 Å². The number of benzene rings is 1. The van der Waals surface area contributed by atoms with Crippen LogP contribution in [0.2, 0.25) is 0 Å². The van der Waals surface area contributed by atoms with Gasteiger partial charge in [0.1, 0.15) is 23.1 Å². The fraction of sp³-hybridized carbons (Fsp3) is 0.368. The lowest BCUT2D eigenvalue weighted by Crippen LogP contribution is -2.17. The normalized spacial score (nSPS) is 19.1. The molecule has 0 saturated heterocycles. The molecule has 2 aliphatic rings. The minimum atomic E-state index is 0.0413. The summed E-state index contributed by atoms with van der Waals surface area (Å²) in [4.78, 5) is 16.0. The maximum atomic E-state index is 11.8. The van der Waals surface area contributed by atoms with Crippen molar-refractivity contribution in [3.8, 4) is 17.2 Å². The van der Waals surface area contributed by atoms with Crippen molar-refractivity contribution in [2.24, 2.45) is 11.8 Å². The summed E-state index contributed by atoms with van der Waals surface area (Å²) in [6.07, 6.45) is 4.57. The SMILES string of the molecule is CC1COc2ccc(Oc3ccnc(NC(=O)C4CC4)c3)cc2C1. The third kappa shape index (κ3) is 3.35. The molecule has 4 rings (SSSR count). The number of fused-ring (bicyclic) bond motifs is 1. The van der Waals surface area contributed by atoms with E-state index in [0.717, 1.165) is 37.4 Å². The second-order valence-electron chi connectivity index (χ2n) is 6.63. The van der Waals surface area contributed by atoms with Crippen molar-refractivity contribution < 1.29 is 14.3 Å². The van der Waals surface area contributed by atoms with Crippen LogP contribution in [-0.4, -0.2) is 17.5 Å². The number of nitrogens with zero attached hydrogens (tertiary/aromatic N) is 1. The van der Waals surface area contributed by atoms with Gasteiger partial charge >= 0.3 is 0 Å². The minimum absolute atomic E-state index is 0.0413. The molecular formula is C19H20N2O3. The van der Waals surface area contributed by atoms with Crippen molar-refractivity contribution in [2.45, 2.75) is 26.2 Å². The lowest BCUT2D eigenvalue weighted by Gasteiger charge is -2.22. The molecule has 1 aromatic heterocycles. The summed E-state index contributed by atoms with van der Waals surface area (Å²) >= 11 is 0. The number of amides is 1. The number of aromatic nitrogens is 1. The number of pyridine rings is 1. The number of hydrogen-bond donors (Lipinski definition) is 1. The second kappa shape index (κ2) is 6.15. The maximum absolute atomic E-state index is 11.8.